The van der Waals surface area contributed by atoms with Gasteiger partial charge in [0.1, 0.15) is 12.3 Å². The minimum absolute atomic E-state index is 0.0795. The van der Waals surface area contributed by atoms with E-state index >= 15 is 0 Å². The molecule has 0 aliphatic rings. The minimum Gasteiger partial charge on any atom is -0.495 e. The van der Waals surface area contributed by atoms with Gasteiger partial charge in [-0.25, -0.2) is 8.42 Å². The second-order valence-corrected chi connectivity index (χ2v) is 8.50. The topological polar surface area (TPSA) is 75.7 Å². The molecule has 8 heteroatoms. The number of hydrogen-bond acceptors (Lipinski definition) is 4. The molecule has 0 spiro atoms. The van der Waals surface area contributed by atoms with Gasteiger partial charge in [-0.05, 0) is 36.8 Å². The van der Waals surface area contributed by atoms with Crippen molar-refractivity contribution in [2.45, 2.75) is 31.1 Å². The van der Waals surface area contributed by atoms with Crippen molar-refractivity contribution in [1.82, 2.24) is 5.32 Å². The maximum atomic E-state index is 13.3. The summed E-state index contributed by atoms with van der Waals surface area (Å²) in [5.41, 5.74) is 0.211. The smallest absolute Gasteiger partial charge is 0.264 e. The average molecular weight is 425 g/mol. The predicted molar refractivity (Wildman–Crippen MR) is 112 cm³/mol. The summed E-state index contributed by atoms with van der Waals surface area (Å²) in [7, 11) is -2.56. The number of hydrogen-bond donors (Lipinski definition) is 1. The van der Waals surface area contributed by atoms with E-state index in [0.717, 1.165) is 23.6 Å². The molecule has 152 valence electrons. The van der Waals surface area contributed by atoms with Gasteiger partial charge in [0.15, 0.2) is 0 Å². The number of rotatable bonds is 10. The third-order valence-corrected chi connectivity index (χ3v) is 6.14. The van der Waals surface area contributed by atoms with Crippen molar-refractivity contribution in [1.29, 1.82) is 0 Å². The van der Waals surface area contributed by atoms with Crippen molar-refractivity contribution in [2.75, 3.05) is 24.5 Å². The number of anilines is 1. The fraction of sp³-hybridized carbons (Fsp3) is 0.350. The molecule has 1 amide bonds. The second kappa shape index (κ2) is 10.3. The third-order valence-electron chi connectivity index (χ3n) is 4.13. The van der Waals surface area contributed by atoms with Gasteiger partial charge in [0.05, 0.1) is 17.7 Å². The number of amides is 1. The summed E-state index contributed by atoms with van der Waals surface area (Å²) >= 11 is 6.09. The van der Waals surface area contributed by atoms with Crippen LogP contribution in [0.4, 0.5) is 5.69 Å². The average Bonchev–Trinajstić information content (AvgIpc) is 2.70. The van der Waals surface area contributed by atoms with Crippen LogP contribution in [0.5, 0.6) is 5.75 Å². The first-order valence-corrected chi connectivity index (χ1v) is 10.9. The molecule has 0 fully saturated rings. The number of halogens is 1. The third kappa shape index (κ3) is 5.62. The molecule has 0 aliphatic carbocycles. The van der Waals surface area contributed by atoms with Gasteiger partial charge in [-0.3, -0.25) is 9.10 Å². The SMILES string of the molecule is CCCCCNC(=O)CN(c1cc(Cl)ccc1OC)S(=O)(=O)c1ccccc1. The number of methoxy groups -OCH3 is 1. The van der Waals surface area contributed by atoms with E-state index in [9.17, 15) is 13.2 Å². The number of nitrogens with one attached hydrogen (secondary N) is 1. The second-order valence-electron chi connectivity index (χ2n) is 6.20. The minimum atomic E-state index is -4.00. The van der Waals surface area contributed by atoms with Crippen LogP contribution in [-0.4, -0.2) is 34.5 Å². The number of sulfonamides is 1. The van der Waals surface area contributed by atoms with Gasteiger partial charge in [-0.1, -0.05) is 49.6 Å². The van der Waals surface area contributed by atoms with Crippen molar-refractivity contribution in [2.24, 2.45) is 0 Å². The maximum absolute atomic E-state index is 13.3. The highest BCUT2D eigenvalue weighted by atomic mass is 35.5. The molecule has 0 saturated heterocycles. The van der Waals surface area contributed by atoms with Gasteiger partial charge in [-0.2, -0.15) is 0 Å². The normalized spacial score (nSPS) is 11.1. The van der Waals surface area contributed by atoms with Crippen molar-refractivity contribution >= 4 is 33.2 Å². The highest BCUT2D eigenvalue weighted by Gasteiger charge is 2.29. The van der Waals surface area contributed by atoms with E-state index < -0.39 is 15.9 Å². The number of ether oxygens (including phenoxy) is 1. The molecular weight excluding hydrogens is 400 g/mol. The lowest BCUT2D eigenvalue weighted by Gasteiger charge is -2.25. The lowest BCUT2D eigenvalue weighted by atomic mass is 10.2. The van der Waals surface area contributed by atoms with Crippen LogP contribution in [0.3, 0.4) is 0 Å². The molecule has 0 aromatic heterocycles. The molecule has 28 heavy (non-hydrogen) atoms. The van der Waals surface area contributed by atoms with Crippen molar-refractivity contribution in [3.63, 3.8) is 0 Å². The molecule has 1 N–H and O–H groups in total. The zero-order valence-corrected chi connectivity index (χ0v) is 17.6. The van der Waals surface area contributed by atoms with Crippen LogP contribution in [0.1, 0.15) is 26.2 Å². The molecule has 0 unspecified atom stereocenters. The monoisotopic (exact) mass is 424 g/mol. The number of carbonyl (C=O) groups excluding carboxylic acids is 1. The summed E-state index contributed by atoms with van der Waals surface area (Å²) in [5.74, 6) is -0.0830. The summed E-state index contributed by atoms with van der Waals surface area (Å²) in [6, 6.07) is 12.6. The molecule has 0 heterocycles. The van der Waals surface area contributed by atoms with Gasteiger partial charge >= 0.3 is 0 Å². The summed E-state index contributed by atoms with van der Waals surface area (Å²) in [6.45, 7) is 2.19. The Bertz CT molecular complexity index is 888. The first kappa shape index (κ1) is 22.0. The van der Waals surface area contributed by atoms with Gasteiger partial charge in [0.2, 0.25) is 5.91 Å². The van der Waals surface area contributed by atoms with E-state index in [0.29, 0.717) is 17.3 Å². The molecule has 2 rings (SSSR count). The Morgan fingerprint density at radius 2 is 1.86 bits per heavy atom. The molecular formula is C20H25ClN2O4S. The zero-order chi connectivity index (χ0) is 20.6. The first-order valence-electron chi connectivity index (χ1n) is 9.08. The molecule has 0 atom stereocenters. The summed E-state index contributed by atoms with van der Waals surface area (Å²) in [4.78, 5) is 12.5. The van der Waals surface area contributed by atoms with E-state index in [1.807, 2.05) is 0 Å². The summed E-state index contributed by atoms with van der Waals surface area (Å²) in [6.07, 6.45) is 2.87. The Morgan fingerprint density at radius 1 is 1.14 bits per heavy atom. The highest BCUT2D eigenvalue weighted by Crippen LogP contribution is 2.34. The van der Waals surface area contributed by atoms with Crippen LogP contribution in [-0.2, 0) is 14.8 Å². The van der Waals surface area contributed by atoms with Gasteiger partial charge < -0.3 is 10.1 Å². The van der Waals surface area contributed by atoms with Crippen LogP contribution >= 0.6 is 11.6 Å². The number of unbranched alkanes of at least 4 members (excludes halogenated alkanes) is 2. The van der Waals surface area contributed by atoms with Crippen molar-refractivity contribution < 1.29 is 17.9 Å². The Labute approximate surface area is 171 Å². The van der Waals surface area contributed by atoms with Crippen LogP contribution in [0.15, 0.2) is 53.4 Å². The van der Waals surface area contributed by atoms with Gasteiger partial charge in [-0.15, -0.1) is 0 Å². The Morgan fingerprint density at radius 3 is 2.50 bits per heavy atom. The van der Waals surface area contributed by atoms with Gasteiger partial charge in [0, 0.05) is 11.6 Å². The van der Waals surface area contributed by atoms with E-state index in [-0.39, 0.29) is 17.1 Å². The highest BCUT2D eigenvalue weighted by molar-refractivity contribution is 7.92. The zero-order valence-electron chi connectivity index (χ0n) is 16.0. The maximum Gasteiger partial charge on any atom is 0.264 e. The Kier molecular flexibility index (Phi) is 8.14. The van der Waals surface area contributed by atoms with Crippen LogP contribution in [0.2, 0.25) is 5.02 Å². The quantitative estimate of drug-likeness (QED) is 0.588. The molecule has 2 aromatic carbocycles. The molecule has 2 aromatic rings. The van der Waals surface area contributed by atoms with E-state index in [1.54, 1.807) is 30.3 Å². The summed E-state index contributed by atoms with van der Waals surface area (Å²) in [5, 5.41) is 3.11. The largest absolute Gasteiger partial charge is 0.495 e. The fourth-order valence-electron chi connectivity index (χ4n) is 2.67. The van der Waals surface area contributed by atoms with Gasteiger partial charge in [0.25, 0.3) is 10.0 Å². The lowest BCUT2D eigenvalue weighted by molar-refractivity contribution is -0.119. The first-order chi connectivity index (χ1) is 13.4. The lowest BCUT2D eigenvalue weighted by Crippen LogP contribution is -2.41. The van der Waals surface area contributed by atoms with E-state index in [4.69, 9.17) is 16.3 Å². The molecule has 0 radical (unpaired) electrons. The molecule has 0 aliphatic heterocycles. The van der Waals surface area contributed by atoms with Crippen LogP contribution in [0, 0.1) is 0 Å². The van der Waals surface area contributed by atoms with Crippen molar-refractivity contribution in [3.8, 4) is 5.75 Å². The predicted octanol–water partition coefficient (Wildman–Crippen LogP) is 3.85. The van der Waals surface area contributed by atoms with E-state index in [2.05, 4.69) is 12.2 Å². The fourth-order valence-corrected chi connectivity index (χ4v) is 4.28. The summed E-state index contributed by atoms with van der Waals surface area (Å²) < 4.78 is 32.9. The number of benzene rings is 2. The van der Waals surface area contributed by atoms with Crippen LogP contribution in [0.25, 0.3) is 0 Å². The Balaban J connectivity index is 2.39. The molecule has 0 saturated carbocycles. The molecule has 6 nitrogen and oxygen atoms in total. The number of carbonyl (C=O) groups is 1. The number of nitrogens with zero attached hydrogens (tertiary/aromatic N) is 1. The molecule has 0 bridgehead atoms. The Hall–Kier alpha value is -2.25. The van der Waals surface area contributed by atoms with E-state index in [1.165, 1.54) is 25.3 Å². The van der Waals surface area contributed by atoms with Crippen molar-refractivity contribution in [3.05, 3.63) is 53.6 Å². The standard InChI is InChI=1S/C20H25ClN2O4S/c1-3-4-8-13-22-20(24)15-23(18-14-16(21)11-12-19(18)27-2)28(25,26)17-9-6-5-7-10-17/h5-7,9-12,14H,3-4,8,13,15H2,1-2H3,(H,22,24). The van der Waals surface area contributed by atoms with Crippen LogP contribution < -0.4 is 14.4 Å².